The van der Waals surface area contributed by atoms with Crippen molar-refractivity contribution in [2.45, 2.75) is 18.9 Å². The van der Waals surface area contributed by atoms with Gasteiger partial charge in [-0.05, 0) is 0 Å². The standard InChI is InChI=1S/C8H15N3O/c9-10-7-1-2-11-3-4-12-6-8(11)5-7/h8H,1-6,9H2/b10-7+/t8-/m0/s1. The largest absolute Gasteiger partial charge is 0.378 e. The molecule has 1 atom stereocenters. The molecule has 2 rings (SSSR count). The van der Waals surface area contributed by atoms with Gasteiger partial charge in [0, 0.05) is 37.7 Å². The number of hydrazone groups is 1. The maximum absolute atomic E-state index is 5.39. The summed E-state index contributed by atoms with van der Waals surface area (Å²) in [6.07, 6.45) is 2.03. The van der Waals surface area contributed by atoms with Crippen LogP contribution in [0.15, 0.2) is 5.10 Å². The van der Waals surface area contributed by atoms with E-state index in [-0.39, 0.29) is 0 Å². The van der Waals surface area contributed by atoms with Crippen LogP contribution in [0.1, 0.15) is 12.8 Å². The number of rotatable bonds is 0. The van der Waals surface area contributed by atoms with Crippen LogP contribution in [0.5, 0.6) is 0 Å². The van der Waals surface area contributed by atoms with Crippen LogP contribution in [0.4, 0.5) is 0 Å². The second-order valence-electron chi connectivity index (χ2n) is 3.41. The lowest BCUT2D eigenvalue weighted by Crippen LogP contribution is -2.50. The molecule has 2 heterocycles. The maximum atomic E-state index is 5.39. The molecule has 2 aliphatic rings. The van der Waals surface area contributed by atoms with Crippen molar-refractivity contribution in [2.75, 3.05) is 26.3 Å². The van der Waals surface area contributed by atoms with Crippen LogP contribution >= 0.6 is 0 Å². The van der Waals surface area contributed by atoms with E-state index in [2.05, 4.69) is 10.0 Å². The van der Waals surface area contributed by atoms with E-state index in [0.29, 0.717) is 6.04 Å². The first-order chi connectivity index (χ1) is 5.90. The van der Waals surface area contributed by atoms with Crippen molar-refractivity contribution in [1.29, 1.82) is 0 Å². The first-order valence-electron chi connectivity index (χ1n) is 4.47. The molecule has 0 radical (unpaired) electrons. The maximum Gasteiger partial charge on any atom is 0.0626 e. The topological polar surface area (TPSA) is 50.8 Å². The van der Waals surface area contributed by atoms with Crippen LogP contribution in [0.3, 0.4) is 0 Å². The molecule has 0 unspecified atom stereocenters. The van der Waals surface area contributed by atoms with Gasteiger partial charge in [-0.15, -0.1) is 0 Å². The van der Waals surface area contributed by atoms with E-state index < -0.39 is 0 Å². The van der Waals surface area contributed by atoms with Crippen molar-refractivity contribution in [3.8, 4) is 0 Å². The highest BCUT2D eigenvalue weighted by molar-refractivity contribution is 5.85. The highest BCUT2D eigenvalue weighted by Gasteiger charge is 2.28. The van der Waals surface area contributed by atoms with Gasteiger partial charge in [0.2, 0.25) is 0 Å². The molecular formula is C8H15N3O. The molecule has 0 aromatic heterocycles. The van der Waals surface area contributed by atoms with Crippen molar-refractivity contribution in [2.24, 2.45) is 10.9 Å². The number of morpholine rings is 1. The van der Waals surface area contributed by atoms with Crippen molar-refractivity contribution in [1.82, 2.24) is 4.90 Å². The van der Waals surface area contributed by atoms with Gasteiger partial charge in [0.1, 0.15) is 0 Å². The molecule has 2 aliphatic heterocycles. The number of fused-ring (bicyclic) bond motifs is 1. The van der Waals surface area contributed by atoms with Gasteiger partial charge in [-0.25, -0.2) is 0 Å². The minimum Gasteiger partial charge on any atom is -0.378 e. The molecule has 12 heavy (non-hydrogen) atoms. The van der Waals surface area contributed by atoms with Crippen LogP contribution in [0.2, 0.25) is 0 Å². The SMILES string of the molecule is N/N=C1\CCN2CCOC[C@@H]2C1. The summed E-state index contributed by atoms with van der Waals surface area (Å²) in [5.41, 5.74) is 1.14. The summed E-state index contributed by atoms with van der Waals surface area (Å²) in [4.78, 5) is 2.47. The number of nitrogens with two attached hydrogens (primary N) is 1. The molecule has 0 aliphatic carbocycles. The number of hydrogen-bond donors (Lipinski definition) is 1. The second kappa shape index (κ2) is 3.41. The third-order valence-electron chi connectivity index (χ3n) is 2.69. The summed E-state index contributed by atoms with van der Waals surface area (Å²) >= 11 is 0. The molecule has 0 aromatic rings. The number of ether oxygens (including phenoxy) is 1. The molecule has 2 saturated heterocycles. The van der Waals surface area contributed by atoms with Gasteiger partial charge in [0.05, 0.1) is 13.2 Å². The molecule has 4 heteroatoms. The summed E-state index contributed by atoms with van der Waals surface area (Å²) in [7, 11) is 0. The smallest absolute Gasteiger partial charge is 0.0626 e. The Balaban J connectivity index is 1.98. The first-order valence-corrected chi connectivity index (χ1v) is 4.47. The predicted molar refractivity (Wildman–Crippen MR) is 47.0 cm³/mol. The summed E-state index contributed by atoms with van der Waals surface area (Å²) in [6, 6.07) is 0.537. The summed E-state index contributed by atoms with van der Waals surface area (Å²) in [6.45, 7) is 3.90. The van der Waals surface area contributed by atoms with E-state index in [4.69, 9.17) is 10.6 Å². The van der Waals surface area contributed by atoms with Crippen LogP contribution in [-0.2, 0) is 4.74 Å². The average molecular weight is 169 g/mol. The second-order valence-corrected chi connectivity index (χ2v) is 3.41. The van der Waals surface area contributed by atoms with Crippen molar-refractivity contribution in [3.05, 3.63) is 0 Å². The molecule has 68 valence electrons. The average Bonchev–Trinajstić information content (AvgIpc) is 2.17. The molecule has 0 bridgehead atoms. The molecule has 2 N–H and O–H groups in total. The molecule has 0 amide bonds. The van der Waals surface area contributed by atoms with Gasteiger partial charge in [0.15, 0.2) is 0 Å². The van der Waals surface area contributed by atoms with Gasteiger partial charge >= 0.3 is 0 Å². The summed E-state index contributed by atoms with van der Waals surface area (Å²) in [5.74, 6) is 5.25. The fourth-order valence-corrected chi connectivity index (χ4v) is 1.94. The zero-order valence-electron chi connectivity index (χ0n) is 7.20. The Hall–Kier alpha value is -0.610. The zero-order chi connectivity index (χ0) is 8.39. The van der Waals surface area contributed by atoms with E-state index in [1.807, 2.05) is 0 Å². The van der Waals surface area contributed by atoms with Gasteiger partial charge in [-0.1, -0.05) is 0 Å². The molecular weight excluding hydrogens is 154 g/mol. The Labute approximate surface area is 72.4 Å². The quantitative estimate of drug-likeness (QED) is 0.403. The van der Waals surface area contributed by atoms with Crippen LogP contribution in [0, 0.1) is 0 Å². The summed E-state index contributed by atoms with van der Waals surface area (Å²) in [5, 5.41) is 3.77. The van der Waals surface area contributed by atoms with Crippen LogP contribution in [0.25, 0.3) is 0 Å². The lowest BCUT2D eigenvalue weighted by atomic mass is 10.00. The van der Waals surface area contributed by atoms with Crippen molar-refractivity contribution >= 4 is 5.71 Å². The van der Waals surface area contributed by atoms with Gasteiger partial charge in [-0.3, -0.25) is 4.90 Å². The van der Waals surface area contributed by atoms with E-state index in [1.54, 1.807) is 0 Å². The fourth-order valence-electron chi connectivity index (χ4n) is 1.94. The molecule has 0 saturated carbocycles. The number of nitrogens with zero attached hydrogens (tertiary/aromatic N) is 2. The highest BCUT2D eigenvalue weighted by Crippen LogP contribution is 2.17. The van der Waals surface area contributed by atoms with Crippen molar-refractivity contribution < 1.29 is 4.74 Å². The van der Waals surface area contributed by atoms with Gasteiger partial charge in [-0.2, -0.15) is 5.10 Å². The van der Waals surface area contributed by atoms with E-state index in [0.717, 1.165) is 44.9 Å². The van der Waals surface area contributed by atoms with Gasteiger partial charge < -0.3 is 10.6 Å². The minimum absolute atomic E-state index is 0.537. The Kier molecular flexibility index (Phi) is 2.28. The van der Waals surface area contributed by atoms with E-state index in [9.17, 15) is 0 Å². The van der Waals surface area contributed by atoms with Gasteiger partial charge in [0.25, 0.3) is 0 Å². The number of piperidine rings is 1. The Morgan fingerprint density at radius 1 is 1.50 bits per heavy atom. The Bertz CT molecular complexity index is 193. The number of hydrogen-bond acceptors (Lipinski definition) is 4. The normalized spacial score (nSPS) is 35.0. The molecule has 4 nitrogen and oxygen atoms in total. The Morgan fingerprint density at radius 3 is 3.25 bits per heavy atom. The third-order valence-corrected chi connectivity index (χ3v) is 2.69. The zero-order valence-corrected chi connectivity index (χ0v) is 7.20. The summed E-state index contributed by atoms with van der Waals surface area (Å²) < 4.78 is 5.39. The fraction of sp³-hybridized carbons (Fsp3) is 0.875. The van der Waals surface area contributed by atoms with Crippen LogP contribution in [-0.4, -0.2) is 43.0 Å². The van der Waals surface area contributed by atoms with E-state index in [1.165, 1.54) is 0 Å². The van der Waals surface area contributed by atoms with E-state index >= 15 is 0 Å². The first kappa shape index (κ1) is 8.01. The molecule has 0 spiro atoms. The highest BCUT2D eigenvalue weighted by atomic mass is 16.5. The monoisotopic (exact) mass is 169 g/mol. The third kappa shape index (κ3) is 1.44. The Morgan fingerprint density at radius 2 is 2.42 bits per heavy atom. The minimum atomic E-state index is 0.537. The lowest BCUT2D eigenvalue weighted by Gasteiger charge is -2.39. The molecule has 0 aromatic carbocycles. The lowest BCUT2D eigenvalue weighted by molar-refractivity contribution is -0.00823. The molecule has 2 fully saturated rings. The predicted octanol–water partition coefficient (Wildman–Crippen LogP) is -0.204. The van der Waals surface area contributed by atoms with Crippen molar-refractivity contribution in [3.63, 3.8) is 0 Å². The van der Waals surface area contributed by atoms with Crippen LogP contribution < -0.4 is 5.84 Å².